The average molecular weight is 410 g/mol. The van der Waals surface area contributed by atoms with Gasteiger partial charge in [-0.3, -0.25) is 4.79 Å². The minimum atomic E-state index is -0.638. The number of carbonyl (C=O) groups is 1. The van der Waals surface area contributed by atoms with Gasteiger partial charge < -0.3 is 15.2 Å². The molecule has 0 unspecified atom stereocenters. The smallest absolute Gasteiger partial charge is 0.256 e. The summed E-state index contributed by atoms with van der Waals surface area (Å²) in [5, 5.41) is 20.8. The van der Waals surface area contributed by atoms with E-state index in [2.05, 4.69) is 20.6 Å². The molecule has 1 saturated carbocycles. The number of carbonyl (C=O) groups excluding carboxylic acids is 1. The number of aromatic nitrogens is 3. The summed E-state index contributed by atoms with van der Waals surface area (Å²) in [5.74, 6) is 1.25. The second-order valence-electron chi connectivity index (χ2n) is 8.45. The van der Waals surface area contributed by atoms with Crippen LogP contribution in [-0.2, 0) is 0 Å². The molecule has 1 aromatic carbocycles. The molecule has 0 radical (unpaired) electrons. The van der Waals surface area contributed by atoms with E-state index in [0.717, 1.165) is 25.7 Å². The van der Waals surface area contributed by atoms with E-state index in [4.69, 9.17) is 9.37 Å². The molecule has 8 heteroatoms. The van der Waals surface area contributed by atoms with Crippen molar-refractivity contribution in [3.63, 3.8) is 0 Å². The van der Waals surface area contributed by atoms with Crippen LogP contribution in [0.2, 0.25) is 0 Å². The van der Waals surface area contributed by atoms with Crippen molar-refractivity contribution in [3.8, 4) is 11.6 Å². The quantitative estimate of drug-likeness (QED) is 0.637. The van der Waals surface area contributed by atoms with Gasteiger partial charge in [-0.05, 0) is 85.9 Å². The maximum Gasteiger partial charge on any atom is 0.256 e. The Bertz CT molecular complexity index is 1020. The first-order valence-corrected chi connectivity index (χ1v) is 10.3. The number of fused-ring (bicyclic) bond motifs is 1. The molecule has 4 rings (SSSR count). The zero-order valence-electron chi connectivity index (χ0n) is 17.2. The van der Waals surface area contributed by atoms with Gasteiger partial charge in [0.15, 0.2) is 0 Å². The van der Waals surface area contributed by atoms with E-state index >= 15 is 0 Å². The van der Waals surface area contributed by atoms with Crippen LogP contribution in [0, 0.1) is 11.8 Å². The molecular formula is C22H26N4O4. The number of nitrogens with zero attached hydrogens (tertiary/aromatic N) is 3. The molecule has 0 spiro atoms. The molecule has 0 saturated heterocycles. The monoisotopic (exact) mass is 410 g/mol. The SMILES string of the molecule is CC(C)(O)C1CCC(CNC(=O)c2cccnc2Oc2ccc3nonc3c2)CC1. The third-order valence-corrected chi connectivity index (χ3v) is 5.85. The molecule has 1 aliphatic carbocycles. The Morgan fingerprint density at radius 2 is 1.97 bits per heavy atom. The van der Waals surface area contributed by atoms with Crippen LogP contribution in [0.25, 0.3) is 11.0 Å². The van der Waals surface area contributed by atoms with Gasteiger partial charge in [-0.25, -0.2) is 9.61 Å². The summed E-state index contributed by atoms with van der Waals surface area (Å²) >= 11 is 0. The molecule has 3 aromatic rings. The Kier molecular flexibility index (Phi) is 5.67. The van der Waals surface area contributed by atoms with Crippen molar-refractivity contribution >= 4 is 16.9 Å². The molecule has 1 fully saturated rings. The summed E-state index contributed by atoms with van der Waals surface area (Å²) in [6.45, 7) is 4.35. The zero-order valence-corrected chi connectivity index (χ0v) is 17.2. The highest BCUT2D eigenvalue weighted by molar-refractivity contribution is 5.96. The summed E-state index contributed by atoms with van der Waals surface area (Å²) in [6, 6.07) is 8.54. The van der Waals surface area contributed by atoms with E-state index in [-0.39, 0.29) is 11.8 Å². The van der Waals surface area contributed by atoms with Crippen molar-refractivity contribution < 1.29 is 19.3 Å². The van der Waals surface area contributed by atoms with Crippen molar-refractivity contribution in [2.24, 2.45) is 11.8 Å². The summed E-state index contributed by atoms with van der Waals surface area (Å²) in [4.78, 5) is 17.0. The average Bonchev–Trinajstić information content (AvgIpc) is 3.20. The molecular weight excluding hydrogens is 384 g/mol. The van der Waals surface area contributed by atoms with Crippen LogP contribution >= 0.6 is 0 Å². The molecule has 158 valence electrons. The molecule has 8 nitrogen and oxygen atoms in total. The van der Waals surface area contributed by atoms with Gasteiger partial charge >= 0.3 is 0 Å². The molecule has 0 atom stereocenters. The largest absolute Gasteiger partial charge is 0.438 e. The lowest BCUT2D eigenvalue weighted by atomic mass is 9.75. The summed E-state index contributed by atoms with van der Waals surface area (Å²) in [5.41, 5.74) is 0.930. The second kappa shape index (κ2) is 8.39. The van der Waals surface area contributed by atoms with Gasteiger partial charge in [0, 0.05) is 18.8 Å². The summed E-state index contributed by atoms with van der Waals surface area (Å²) < 4.78 is 10.5. The normalized spacial score (nSPS) is 19.6. The molecule has 1 aliphatic rings. The molecule has 2 aromatic heterocycles. The Hall–Kier alpha value is -3.00. The fourth-order valence-electron chi connectivity index (χ4n) is 3.99. The lowest BCUT2D eigenvalue weighted by Crippen LogP contribution is -2.37. The first-order valence-electron chi connectivity index (χ1n) is 10.3. The highest BCUT2D eigenvalue weighted by Gasteiger charge is 2.31. The Morgan fingerprint density at radius 3 is 2.73 bits per heavy atom. The number of hydrogen-bond acceptors (Lipinski definition) is 7. The van der Waals surface area contributed by atoms with Gasteiger partial charge in [0.1, 0.15) is 22.3 Å². The summed E-state index contributed by atoms with van der Waals surface area (Å²) in [6.07, 6.45) is 5.53. The molecule has 2 N–H and O–H groups in total. The predicted octanol–water partition coefficient (Wildman–Crippen LogP) is 3.72. The predicted molar refractivity (Wildman–Crippen MR) is 110 cm³/mol. The molecule has 0 bridgehead atoms. The van der Waals surface area contributed by atoms with Gasteiger partial charge in [0.05, 0.1) is 5.60 Å². The lowest BCUT2D eigenvalue weighted by Gasteiger charge is -2.35. The third kappa shape index (κ3) is 4.59. The van der Waals surface area contributed by atoms with Crippen LogP contribution in [0.5, 0.6) is 11.6 Å². The third-order valence-electron chi connectivity index (χ3n) is 5.85. The fraction of sp³-hybridized carbons (Fsp3) is 0.455. The molecule has 30 heavy (non-hydrogen) atoms. The number of benzene rings is 1. The first-order chi connectivity index (χ1) is 14.4. The Morgan fingerprint density at radius 1 is 1.20 bits per heavy atom. The lowest BCUT2D eigenvalue weighted by molar-refractivity contribution is -0.00575. The maximum absolute atomic E-state index is 12.8. The Labute approximate surface area is 174 Å². The number of ether oxygens (including phenoxy) is 1. The highest BCUT2D eigenvalue weighted by Crippen LogP contribution is 2.35. The van der Waals surface area contributed by atoms with Crippen molar-refractivity contribution in [3.05, 3.63) is 42.1 Å². The Balaban J connectivity index is 1.38. The van der Waals surface area contributed by atoms with Gasteiger partial charge in [-0.2, -0.15) is 0 Å². The number of rotatable bonds is 6. The van der Waals surface area contributed by atoms with E-state index in [1.54, 1.807) is 36.5 Å². The summed E-state index contributed by atoms with van der Waals surface area (Å²) in [7, 11) is 0. The fourth-order valence-corrected chi connectivity index (χ4v) is 3.99. The zero-order chi connectivity index (χ0) is 21.1. The van der Waals surface area contributed by atoms with E-state index in [1.807, 2.05) is 13.8 Å². The van der Waals surface area contributed by atoms with Crippen molar-refractivity contribution in [1.29, 1.82) is 0 Å². The van der Waals surface area contributed by atoms with E-state index in [1.165, 1.54) is 0 Å². The van der Waals surface area contributed by atoms with Crippen LogP contribution in [-0.4, -0.2) is 38.5 Å². The van der Waals surface area contributed by atoms with E-state index in [9.17, 15) is 9.90 Å². The van der Waals surface area contributed by atoms with Crippen LogP contribution in [0.3, 0.4) is 0 Å². The van der Waals surface area contributed by atoms with Crippen molar-refractivity contribution in [2.75, 3.05) is 6.54 Å². The standard InChI is InChI=1S/C22H26N4O4/c1-22(2,28)15-7-5-14(6-8-15)13-24-20(27)17-4-3-11-23-21(17)29-16-9-10-18-19(12-16)26-30-25-18/h3-4,9-12,14-15,28H,5-8,13H2,1-2H3,(H,24,27). The van der Waals surface area contributed by atoms with Crippen LogP contribution in [0.4, 0.5) is 0 Å². The number of pyridine rings is 1. The number of amides is 1. The molecule has 2 heterocycles. The van der Waals surface area contributed by atoms with Crippen LogP contribution in [0.1, 0.15) is 49.9 Å². The molecule has 1 amide bonds. The van der Waals surface area contributed by atoms with Crippen LogP contribution < -0.4 is 10.1 Å². The maximum atomic E-state index is 12.8. The van der Waals surface area contributed by atoms with Crippen LogP contribution in [0.15, 0.2) is 41.2 Å². The highest BCUT2D eigenvalue weighted by atomic mass is 16.6. The van der Waals surface area contributed by atoms with Gasteiger partial charge in [-0.1, -0.05) is 0 Å². The minimum absolute atomic E-state index is 0.216. The molecule has 0 aliphatic heterocycles. The van der Waals surface area contributed by atoms with Crippen molar-refractivity contribution in [2.45, 2.75) is 45.1 Å². The minimum Gasteiger partial charge on any atom is -0.438 e. The topological polar surface area (TPSA) is 110 Å². The van der Waals surface area contributed by atoms with Gasteiger partial charge in [0.2, 0.25) is 5.88 Å². The van der Waals surface area contributed by atoms with E-state index in [0.29, 0.717) is 40.7 Å². The van der Waals surface area contributed by atoms with Gasteiger partial charge in [0.25, 0.3) is 5.91 Å². The van der Waals surface area contributed by atoms with Crippen molar-refractivity contribution in [1.82, 2.24) is 20.6 Å². The number of hydrogen-bond donors (Lipinski definition) is 2. The number of nitrogens with one attached hydrogen (secondary N) is 1. The van der Waals surface area contributed by atoms with E-state index < -0.39 is 5.60 Å². The second-order valence-corrected chi connectivity index (χ2v) is 8.45. The first kappa shape index (κ1) is 20.3. The number of aliphatic hydroxyl groups is 1. The van der Waals surface area contributed by atoms with Gasteiger partial charge in [-0.15, -0.1) is 0 Å².